The molecule has 0 atom stereocenters. The van der Waals surface area contributed by atoms with Gasteiger partial charge in [-0.3, -0.25) is 4.79 Å². The Bertz CT molecular complexity index is 905. The van der Waals surface area contributed by atoms with Crippen LogP contribution in [0.5, 0.6) is 0 Å². The summed E-state index contributed by atoms with van der Waals surface area (Å²) in [6.45, 7) is 0. The number of hydrogen-bond donors (Lipinski definition) is 1. The molecule has 1 N–H and O–H groups in total. The Morgan fingerprint density at radius 2 is 1.96 bits per heavy atom. The van der Waals surface area contributed by atoms with Crippen LogP contribution in [0.3, 0.4) is 0 Å². The van der Waals surface area contributed by atoms with Gasteiger partial charge in [0, 0.05) is 11.5 Å². The molecule has 1 amide bonds. The van der Waals surface area contributed by atoms with Gasteiger partial charge >= 0.3 is 0 Å². The van der Waals surface area contributed by atoms with E-state index in [0.29, 0.717) is 27.9 Å². The molecule has 0 bridgehead atoms. The molecule has 120 valence electrons. The highest BCUT2D eigenvalue weighted by atomic mass is 35.5. The summed E-state index contributed by atoms with van der Waals surface area (Å²) >= 11 is 5.89. The lowest BCUT2D eigenvalue weighted by Gasteiger charge is -2.07. The maximum absolute atomic E-state index is 12.0. The predicted molar refractivity (Wildman–Crippen MR) is 89.3 cm³/mol. The monoisotopic (exact) mass is 340 g/mol. The number of halogens is 1. The number of anilines is 1. The summed E-state index contributed by atoms with van der Waals surface area (Å²) in [6.07, 6.45) is 1.89. The van der Waals surface area contributed by atoms with Gasteiger partial charge in [-0.05, 0) is 37.1 Å². The number of carbonyl (C=O) groups excluding carboxylic acids is 1. The average Bonchev–Trinajstić information content (AvgIpc) is 3.33. The van der Waals surface area contributed by atoms with Crippen LogP contribution >= 0.6 is 11.6 Å². The molecule has 1 fully saturated rings. The van der Waals surface area contributed by atoms with Gasteiger partial charge in [0.05, 0.1) is 5.69 Å². The number of benzene rings is 1. The van der Waals surface area contributed by atoms with Crippen molar-refractivity contribution in [3.63, 3.8) is 0 Å². The van der Waals surface area contributed by atoms with Crippen molar-refractivity contribution in [2.45, 2.75) is 12.8 Å². The molecule has 0 radical (unpaired) electrons. The zero-order valence-corrected chi connectivity index (χ0v) is 13.3. The quantitative estimate of drug-likeness (QED) is 0.730. The standard InChI is InChI=1S/C17H13ClN4O2/c18-14-7-3-6-13(19-14)17-21-15(22-24-17)11-4-1-2-5-12(11)20-16(23)10-8-9-10/h1-7,10H,8-9H2,(H,20,23). The summed E-state index contributed by atoms with van der Waals surface area (Å²) in [5.74, 6) is 0.812. The van der Waals surface area contributed by atoms with Gasteiger partial charge in [-0.2, -0.15) is 4.98 Å². The fourth-order valence-electron chi connectivity index (χ4n) is 2.33. The van der Waals surface area contributed by atoms with E-state index in [9.17, 15) is 4.79 Å². The number of aromatic nitrogens is 3. The molecule has 1 saturated carbocycles. The summed E-state index contributed by atoms with van der Waals surface area (Å²) in [5.41, 5.74) is 1.87. The third kappa shape index (κ3) is 3.00. The van der Waals surface area contributed by atoms with Crippen molar-refractivity contribution in [3.05, 3.63) is 47.6 Å². The Morgan fingerprint density at radius 3 is 2.75 bits per heavy atom. The number of nitrogens with one attached hydrogen (secondary N) is 1. The molecular formula is C17H13ClN4O2. The first-order chi connectivity index (χ1) is 11.7. The second-order valence-electron chi connectivity index (χ2n) is 5.58. The zero-order chi connectivity index (χ0) is 16.5. The van der Waals surface area contributed by atoms with Crippen LogP contribution in [0.2, 0.25) is 5.15 Å². The Hall–Kier alpha value is -2.73. The van der Waals surface area contributed by atoms with Gasteiger partial charge in [0.25, 0.3) is 5.89 Å². The summed E-state index contributed by atoms with van der Waals surface area (Å²) in [4.78, 5) is 20.5. The lowest BCUT2D eigenvalue weighted by Crippen LogP contribution is -2.14. The van der Waals surface area contributed by atoms with Crippen LogP contribution in [0.4, 0.5) is 5.69 Å². The van der Waals surface area contributed by atoms with Gasteiger partial charge in [-0.25, -0.2) is 4.98 Å². The van der Waals surface area contributed by atoms with Crippen molar-refractivity contribution in [2.75, 3.05) is 5.32 Å². The molecule has 2 heterocycles. The normalized spacial score (nSPS) is 13.7. The molecular weight excluding hydrogens is 328 g/mol. The van der Waals surface area contributed by atoms with Gasteiger partial charge in [-0.15, -0.1) is 0 Å². The molecule has 6 nitrogen and oxygen atoms in total. The highest BCUT2D eigenvalue weighted by molar-refractivity contribution is 6.29. The molecule has 7 heteroatoms. The average molecular weight is 341 g/mol. The van der Waals surface area contributed by atoms with Crippen LogP contribution in [-0.2, 0) is 4.79 Å². The van der Waals surface area contributed by atoms with E-state index in [2.05, 4.69) is 20.4 Å². The molecule has 2 aromatic heterocycles. The molecule has 3 aromatic rings. The van der Waals surface area contributed by atoms with Crippen molar-refractivity contribution < 1.29 is 9.32 Å². The fourth-order valence-corrected chi connectivity index (χ4v) is 2.50. The van der Waals surface area contributed by atoms with Crippen LogP contribution in [0.1, 0.15) is 12.8 Å². The molecule has 0 saturated heterocycles. The van der Waals surface area contributed by atoms with Gasteiger partial charge in [0.1, 0.15) is 10.8 Å². The van der Waals surface area contributed by atoms with Crippen molar-refractivity contribution in [3.8, 4) is 23.0 Å². The number of amides is 1. The lowest BCUT2D eigenvalue weighted by molar-refractivity contribution is -0.117. The lowest BCUT2D eigenvalue weighted by atomic mass is 10.1. The number of carbonyl (C=O) groups is 1. The third-order valence-electron chi connectivity index (χ3n) is 3.73. The molecule has 4 rings (SSSR count). The summed E-state index contributed by atoms with van der Waals surface area (Å²) < 4.78 is 5.28. The van der Waals surface area contributed by atoms with Gasteiger partial charge in [0.2, 0.25) is 11.7 Å². The Labute approximate surface area is 142 Å². The van der Waals surface area contributed by atoms with Gasteiger partial charge in [0.15, 0.2) is 0 Å². The van der Waals surface area contributed by atoms with Gasteiger partial charge in [-0.1, -0.05) is 35.0 Å². The molecule has 0 spiro atoms. The van der Waals surface area contributed by atoms with Crippen LogP contribution in [0.15, 0.2) is 47.0 Å². The maximum atomic E-state index is 12.0. The number of rotatable bonds is 4. The van der Waals surface area contributed by atoms with E-state index in [4.69, 9.17) is 16.1 Å². The zero-order valence-electron chi connectivity index (χ0n) is 12.6. The minimum atomic E-state index is 0.0303. The fraction of sp³-hybridized carbons (Fsp3) is 0.176. The second-order valence-corrected chi connectivity index (χ2v) is 5.97. The first-order valence-electron chi connectivity index (χ1n) is 7.57. The second kappa shape index (κ2) is 6.05. The smallest absolute Gasteiger partial charge is 0.276 e. The summed E-state index contributed by atoms with van der Waals surface area (Å²) in [5, 5.41) is 7.28. The Balaban J connectivity index is 1.66. The molecule has 24 heavy (non-hydrogen) atoms. The molecule has 0 aliphatic heterocycles. The van der Waals surface area contributed by atoms with E-state index < -0.39 is 0 Å². The van der Waals surface area contributed by atoms with Gasteiger partial charge < -0.3 is 9.84 Å². The first kappa shape index (κ1) is 14.8. The van der Waals surface area contributed by atoms with Crippen LogP contribution in [-0.4, -0.2) is 21.0 Å². The van der Waals surface area contributed by atoms with E-state index in [-0.39, 0.29) is 17.7 Å². The molecule has 1 aliphatic rings. The number of pyridine rings is 1. The number of para-hydroxylation sites is 1. The van der Waals surface area contributed by atoms with E-state index in [1.54, 1.807) is 18.2 Å². The maximum Gasteiger partial charge on any atom is 0.276 e. The summed E-state index contributed by atoms with van der Waals surface area (Å²) in [7, 11) is 0. The largest absolute Gasteiger partial charge is 0.332 e. The van der Waals surface area contributed by atoms with Crippen molar-refractivity contribution in [2.24, 2.45) is 5.92 Å². The van der Waals surface area contributed by atoms with Crippen molar-refractivity contribution in [1.82, 2.24) is 15.1 Å². The minimum Gasteiger partial charge on any atom is -0.332 e. The first-order valence-corrected chi connectivity index (χ1v) is 7.95. The highest BCUT2D eigenvalue weighted by Crippen LogP contribution is 2.32. The SMILES string of the molecule is O=C(Nc1ccccc1-c1noc(-c2cccc(Cl)n2)n1)C1CC1. The minimum absolute atomic E-state index is 0.0303. The van der Waals surface area contributed by atoms with Crippen LogP contribution < -0.4 is 5.32 Å². The molecule has 1 aliphatic carbocycles. The van der Waals surface area contributed by atoms with E-state index in [0.717, 1.165) is 12.8 Å². The van der Waals surface area contributed by atoms with Crippen molar-refractivity contribution >= 4 is 23.2 Å². The van der Waals surface area contributed by atoms with E-state index in [1.807, 2.05) is 24.3 Å². The van der Waals surface area contributed by atoms with E-state index >= 15 is 0 Å². The van der Waals surface area contributed by atoms with Crippen LogP contribution in [0.25, 0.3) is 23.0 Å². The third-order valence-corrected chi connectivity index (χ3v) is 3.94. The van der Waals surface area contributed by atoms with E-state index in [1.165, 1.54) is 0 Å². The Kier molecular flexibility index (Phi) is 3.74. The summed E-state index contributed by atoms with van der Waals surface area (Å²) in [6, 6.07) is 12.5. The highest BCUT2D eigenvalue weighted by Gasteiger charge is 2.30. The molecule has 1 aromatic carbocycles. The van der Waals surface area contributed by atoms with Crippen LogP contribution in [0, 0.1) is 5.92 Å². The number of hydrogen-bond acceptors (Lipinski definition) is 5. The molecule has 0 unspecified atom stereocenters. The number of nitrogens with zero attached hydrogens (tertiary/aromatic N) is 3. The Morgan fingerprint density at radius 1 is 1.12 bits per heavy atom. The van der Waals surface area contributed by atoms with Crippen molar-refractivity contribution in [1.29, 1.82) is 0 Å². The predicted octanol–water partition coefficient (Wildman–Crippen LogP) is 3.80. The topological polar surface area (TPSA) is 80.9 Å².